The van der Waals surface area contributed by atoms with E-state index in [1.165, 1.54) is 19.2 Å². The SMILES string of the molecule is COc1ccc(C(=O)NC2=C[C@@H](Nc3cc(C(F)(F)F)nc4cc(F)ccc34)CCC2)cc1. The van der Waals surface area contributed by atoms with E-state index >= 15 is 0 Å². The van der Waals surface area contributed by atoms with Gasteiger partial charge in [-0.15, -0.1) is 0 Å². The van der Waals surface area contributed by atoms with Gasteiger partial charge in [-0.25, -0.2) is 9.37 Å². The number of aromatic nitrogens is 1. The molecule has 0 radical (unpaired) electrons. The van der Waals surface area contributed by atoms with Crippen molar-refractivity contribution in [3.05, 3.63) is 77.4 Å². The summed E-state index contributed by atoms with van der Waals surface area (Å²) in [6, 6.07) is 10.8. The average Bonchev–Trinajstić information content (AvgIpc) is 2.78. The van der Waals surface area contributed by atoms with Gasteiger partial charge in [0.1, 0.15) is 17.3 Å². The van der Waals surface area contributed by atoms with Gasteiger partial charge < -0.3 is 15.4 Å². The first kappa shape index (κ1) is 22.6. The predicted molar refractivity (Wildman–Crippen MR) is 117 cm³/mol. The lowest BCUT2D eigenvalue weighted by Gasteiger charge is -2.24. The van der Waals surface area contributed by atoms with Crippen molar-refractivity contribution in [1.29, 1.82) is 0 Å². The van der Waals surface area contributed by atoms with Gasteiger partial charge in [-0.2, -0.15) is 13.2 Å². The van der Waals surface area contributed by atoms with Gasteiger partial charge in [0.25, 0.3) is 5.91 Å². The number of carbonyl (C=O) groups excluding carboxylic acids is 1. The summed E-state index contributed by atoms with van der Waals surface area (Å²) in [5, 5.41) is 6.36. The lowest BCUT2D eigenvalue weighted by molar-refractivity contribution is -0.140. The van der Waals surface area contributed by atoms with Crippen LogP contribution in [0, 0.1) is 5.82 Å². The molecule has 172 valence electrons. The number of alkyl halides is 3. The number of ether oxygens (including phenoxy) is 1. The third-order valence-electron chi connectivity index (χ3n) is 5.39. The molecule has 1 atom stereocenters. The van der Waals surface area contributed by atoms with Crippen molar-refractivity contribution in [1.82, 2.24) is 10.3 Å². The van der Waals surface area contributed by atoms with Crippen molar-refractivity contribution in [2.45, 2.75) is 31.5 Å². The molecule has 3 aromatic rings. The van der Waals surface area contributed by atoms with Gasteiger partial charge in [0, 0.05) is 34.4 Å². The molecular formula is C24H21F4N3O2. The second-order valence-electron chi connectivity index (χ2n) is 7.73. The van der Waals surface area contributed by atoms with Crippen LogP contribution in [0.2, 0.25) is 0 Å². The normalized spacial score (nSPS) is 16.3. The van der Waals surface area contributed by atoms with E-state index in [1.807, 2.05) is 0 Å². The van der Waals surface area contributed by atoms with E-state index in [0.29, 0.717) is 35.2 Å². The Kier molecular flexibility index (Phi) is 6.22. The minimum absolute atomic E-state index is 0.0832. The Morgan fingerprint density at radius 2 is 1.88 bits per heavy atom. The highest BCUT2D eigenvalue weighted by molar-refractivity contribution is 5.95. The van der Waals surface area contributed by atoms with Crippen LogP contribution in [0.4, 0.5) is 23.2 Å². The number of methoxy groups -OCH3 is 1. The van der Waals surface area contributed by atoms with E-state index in [1.54, 1.807) is 30.3 Å². The number of nitrogens with zero attached hydrogens (tertiary/aromatic N) is 1. The molecule has 9 heteroatoms. The largest absolute Gasteiger partial charge is 0.497 e. The van der Waals surface area contributed by atoms with Gasteiger partial charge in [0.2, 0.25) is 0 Å². The van der Waals surface area contributed by atoms with E-state index in [0.717, 1.165) is 18.6 Å². The van der Waals surface area contributed by atoms with Crippen LogP contribution in [-0.2, 0) is 6.18 Å². The van der Waals surface area contributed by atoms with Crippen molar-refractivity contribution >= 4 is 22.5 Å². The Morgan fingerprint density at radius 3 is 2.58 bits per heavy atom. The summed E-state index contributed by atoms with van der Waals surface area (Å²) in [6.45, 7) is 0. The number of benzene rings is 2. The molecular weight excluding hydrogens is 438 g/mol. The molecule has 1 aliphatic rings. The number of rotatable bonds is 5. The number of amides is 1. The quantitative estimate of drug-likeness (QED) is 0.482. The van der Waals surface area contributed by atoms with Crippen molar-refractivity contribution < 1.29 is 27.1 Å². The molecule has 0 saturated heterocycles. The maximum Gasteiger partial charge on any atom is 0.433 e. The molecule has 33 heavy (non-hydrogen) atoms. The van der Waals surface area contributed by atoms with Crippen molar-refractivity contribution in [2.24, 2.45) is 0 Å². The molecule has 4 rings (SSSR count). The zero-order valence-electron chi connectivity index (χ0n) is 17.7. The van der Waals surface area contributed by atoms with Crippen LogP contribution < -0.4 is 15.4 Å². The fourth-order valence-electron chi connectivity index (χ4n) is 3.77. The molecule has 0 bridgehead atoms. The zero-order chi connectivity index (χ0) is 23.6. The number of allylic oxidation sites excluding steroid dienone is 1. The molecule has 0 saturated carbocycles. The van der Waals surface area contributed by atoms with Crippen LogP contribution in [-0.4, -0.2) is 24.0 Å². The third kappa shape index (κ3) is 5.24. The minimum Gasteiger partial charge on any atom is -0.497 e. The van der Waals surface area contributed by atoms with E-state index in [2.05, 4.69) is 15.6 Å². The van der Waals surface area contributed by atoms with Crippen LogP contribution in [0.25, 0.3) is 10.9 Å². The van der Waals surface area contributed by atoms with Crippen molar-refractivity contribution in [3.63, 3.8) is 0 Å². The standard InChI is InChI=1S/C24H21F4N3O2/c1-33-18-8-5-14(6-9-18)23(32)30-17-4-2-3-16(12-17)29-21-13-22(24(26,27)28)31-20-11-15(25)7-10-19(20)21/h5-13,16H,2-4H2,1H3,(H,29,31)(H,30,32)/t16-/m0/s1. The molecule has 1 heterocycles. The van der Waals surface area contributed by atoms with Gasteiger partial charge in [-0.05, 0) is 67.8 Å². The number of fused-ring (bicyclic) bond motifs is 1. The molecule has 1 aliphatic carbocycles. The Bertz CT molecular complexity index is 1210. The number of pyridine rings is 1. The summed E-state index contributed by atoms with van der Waals surface area (Å²) in [5.41, 5.74) is 0.163. The molecule has 0 fully saturated rings. The summed E-state index contributed by atoms with van der Waals surface area (Å²) in [4.78, 5) is 16.1. The fraction of sp³-hybridized carbons (Fsp3) is 0.250. The lowest BCUT2D eigenvalue weighted by atomic mass is 9.99. The minimum atomic E-state index is -4.67. The number of nitrogens with one attached hydrogen (secondary N) is 2. The number of carbonyl (C=O) groups is 1. The Hall–Kier alpha value is -3.62. The highest BCUT2D eigenvalue weighted by Gasteiger charge is 2.33. The summed E-state index contributed by atoms with van der Waals surface area (Å²) < 4.78 is 58.7. The second kappa shape index (κ2) is 9.09. The van der Waals surface area contributed by atoms with Gasteiger partial charge in [0.05, 0.1) is 12.6 Å². The first-order valence-electron chi connectivity index (χ1n) is 10.3. The molecule has 1 aromatic heterocycles. The van der Waals surface area contributed by atoms with Crippen molar-refractivity contribution in [2.75, 3.05) is 12.4 Å². The number of halogens is 4. The van der Waals surface area contributed by atoms with Gasteiger partial charge >= 0.3 is 6.18 Å². The Balaban J connectivity index is 1.57. The number of anilines is 1. The Morgan fingerprint density at radius 1 is 1.12 bits per heavy atom. The van der Waals surface area contributed by atoms with Gasteiger partial charge in [0.15, 0.2) is 0 Å². The molecule has 1 amide bonds. The molecule has 0 unspecified atom stereocenters. The molecule has 0 spiro atoms. The average molecular weight is 459 g/mol. The number of hydrogen-bond acceptors (Lipinski definition) is 4. The monoisotopic (exact) mass is 459 g/mol. The third-order valence-corrected chi connectivity index (χ3v) is 5.39. The van der Waals surface area contributed by atoms with Crippen LogP contribution in [0.3, 0.4) is 0 Å². The van der Waals surface area contributed by atoms with E-state index in [9.17, 15) is 22.4 Å². The molecule has 0 aliphatic heterocycles. The van der Waals surface area contributed by atoms with Crippen LogP contribution in [0.5, 0.6) is 5.75 Å². The topological polar surface area (TPSA) is 63.2 Å². The predicted octanol–water partition coefficient (Wildman–Crippen LogP) is 5.68. The maximum atomic E-state index is 13.6. The summed E-state index contributed by atoms with van der Waals surface area (Å²) >= 11 is 0. The zero-order valence-corrected chi connectivity index (χ0v) is 17.7. The smallest absolute Gasteiger partial charge is 0.433 e. The first-order valence-corrected chi connectivity index (χ1v) is 10.3. The molecule has 2 aromatic carbocycles. The highest BCUT2D eigenvalue weighted by atomic mass is 19.4. The Labute approximate surface area is 187 Å². The highest BCUT2D eigenvalue weighted by Crippen LogP contribution is 2.34. The lowest BCUT2D eigenvalue weighted by Crippen LogP contribution is -2.29. The first-order chi connectivity index (χ1) is 15.7. The van der Waals surface area contributed by atoms with E-state index in [4.69, 9.17) is 4.74 Å². The molecule has 5 nitrogen and oxygen atoms in total. The summed E-state index contributed by atoms with van der Waals surface area (Å²) in [5.74, 6) is -0.314. The van der Waals surface area contributed by atoms with Gasteiger partial charge in [-0.1, -0.05) is 0 Å². The van der Waals surface area contributed by atoms with Crippen LogP contribution >= 0.6 is 0 Å². The van der Waals surface area contributed by atoms with E-state index in [-0.39, 0.29) is 23.2 Å². The second-order valence-corrected chi connectivity index (χ2v) is 7.73. The van der Waals surface area contributed by atoms with Crippen LogP contribution in [0.1, 0.15) is 35.3 Å². The summed E-state index contributed by atoms with van der Waals surface area (Å²) in [7, 11) is 1.54. The number of hydrogen-bond donors (Lipinski definition) is 2. The molecule has 2 N–H and O–H groups in total. The van der Waals surface area contributed by atoms with Gasteiger partial charge in [-0.3, -0.25) is 4.79 Å². The maximum absolute atomic E-state index is 13.6. The summed E-state index contributed by atoms with van der Waals surface area (Å²) in [6.07, 6.45) is -0.842. The van der Waals surface area contributed by atoms with Crippen LogP contribution in [0.15, 0.2) is 60.3 Å². The van der Waals surface area contributed by atoms with E-state index < -0.39 is 17.7 Å². The fourth-order valence-corrected chi connectivity index (χ4v) is 3.77. The van der Waals surface area contributed by atoms with Crippen molar-refractivity contribution in [3.8, 4) is 5.75 Å².